The van der Waals surface area contributed by atoms with E-state index in [4.69, 9.17) is 8.94 Å². The number of aromatic nitrogens is 2. The molecule has 0 atom stereocenters. The van der Waals surface area contributed by atoms with Crippen LogP contribution in [0.25, 0.3) is 11.4 Å². The molecule has 0 aliphatic heterocycles. The molecular formula is C15H14BrN3O2. The number of hydrogen-bond donors (Lipinski definition) is 0. The Kier molecular flexibility index (Phi) is 3.79. The molecule has 0 saturated heterocycles. The van der Waals surface area contributed by atoms with E-state index in [1.165, 1.54) is 5.56 Å². The highest BCUT2D eigenvalue weighted by molar-refractivity contribution is 9.10. The molecule has 2 heterocycles. The van der Waals surface area contributed by atoms with Gasteiger partial charge in [-0.25, -0.2) is 0 Å². The highest BCUT2D eigenvalue weighted by atomic mass is 79.9. The van der Waals surface area contributed by atoms with Crippen LogP contribution < -0.4 is 4.90 Å². The zero-order chi connectivity index (χ0) is 14.8. The van der Waals surface area contributed by atoms with Crippen molar-refractivity contribution in [2.75, 3.05) is 11.9 Å². The third-order valence-corrected chi connectivity index (χ3v) is 4.09. The molecule has 0 amide bonds. The van der Waals surface area contributed by atoms with Crippen LogP contribution in [0.4, 0.5) is 5.69 Å². The maximum absolute atomic E-state index is 5.28. The van der Waals surface area contributed by atoms with E-state index in [2.05, 4.69) is 44.0 Å². The van der Waals surface area contributed by atoms with Gasteiger partial charge in [0, 0.05) is 17.2 Å². The second-order valence-electron chi connectivity index (χ2n) is 4.81. The molecule has 5 nitrogen and oxygen atoms in total. The van der Waals surface area contributed by atoms with E-state index in [1.54, 1.807) is 18.6 Å². The Balaban J connectivity index is 1.75. The number of furan rings is 1. The van der Waals surface area contributed by atoms with Crippen LogP contribution in [0.5, 0.6) is 0 Å². The Morgan fingerprint density at radius 1 is 1.29 bits per heavy atom. The predicted molar refractivity (Wildman–Crippen MR) is 83.0 cm³/mol. The summed E-state index contributed by atoms with van der Waals surface area (Å²) in [6.45, 7) is 2.61. The highest BCUT2D eigenvalue weighted by Crippen LogP contribution is 2.23. The van der Waals surface area contributed by atoms with Crippen LogP contribution in [0.1, 0.15) is 11.5 Å². The average molecular weight is 348 g/mol. The topological polar surface area (TPSA) is 55.3 Å². The second kappa shape index (κ2) is 5.73. The van der Waals surface area contributed by atoms with Gasteiger partial charge in [0.25, 0.3) is 0 Å². The molecule has 0 aliphatic rings. The van der Waals surface area contributed by atoms with Gasteiger partial charge in [0.05, 0.1) is 18.4 Å². The summed E-state index contributed by atoms with van der Waals surface area (Å²) in [6.07, 6.45) is 3.18. The summed E-state index contributed by atoms with van der Waals surface area (Å²) < 4.78 is 11.4. The first-order chi connectivity index (χ1) is 10.1. The first kappa shape index (κ1) is 13.9. The van der Waals surface area contributed by atoms with Crippen LogP contribution in [-0.4, -0.2) is 17.2 Å². The van der Waals surface area contributed by atoms with Crippen molar-refractivity contribution in [3.63, 3.8) is 0 Å². The molecular weight excluding hydrogens is 334 g/mol. The van der Waals surface area contributed by atoms with Crippen LogP contribution in [0.3, 0.4) is 0 Å². The van der Waals surface area contributed by atoms with Crippen LogP contribution in [0.2, 0.25) is 0 Å². The van der Waals surface area contributed by atoms with Gasteiger partial charge in [-0.15, -0.1) is 0 Å². The van der Waals surface area contributed by atoms with Crippen molar-refractivity contribution in [3.8, 4) is 11.4 Å². The van der Waals surface area contributed by atoms with Crippen LogP contribution in [0, 0.1) is 6.92 Å². The van der Waals surface area contributed by atoms with Crippen LogP contribution in [-0.2, 0) is 6.54 Å². The smallest absolute Gasteiger partial charge is 0.246 e. The number of benzene rings is 1. The third kappa shape index (κ3) is 3.00. The fourth-order valence-electron chi connectivity index (χ4n) is 1.99. The Morgan fingerprint density at radius 2 is 2.14 bits per heavy atom. The van der Waals surface area contributed by atoms with Gasteiger partial charge in [-0.3, -0.25) is 0 Å². The molecule has 3 rings (SSSR count). The second-order valence-corrected chi connectivity index (χ2v) is 5.67. The number of rotatable bonds is 4. The van der Waals surface area contributed by atoms with Crippen molar-refractivity contribution in [3.05, 3.63) is 52.7 Å². The molecule has 1 aromatic carbocycles. The molecule has 2 aromatic heterocycles. The molecule has 3 aromatic rings. The maximum Gasteiger partial charge on any atom is 0.246 e. The van der Waals surface area contributed by atoms with E-state index in [0.29, 0.717) is 18.3 Å². The Hall–Kier alpha value is -2.08. The molecule has 0 aliphatic carbocycles. The lowest BCUT2D eigenvalue weighted by Gasteiger charge is -2.17. The lowest BCUT2D eigenvalue weighted by molar-refractivity contribution is 0.378. The molecule has 0 saturated carbocycles. The number of anilines is 1. The van der Waals surface area contributed by atoms with Gasteiger partial charge < -0.3 is 13.8 Å². The third-order valence-electron chi connectivity index (χ3n) is 3.20. The van der Waals surface area contributed by atoms with Crippen molar-refractivity contribution in [1.82, 2.24) is 10.1 Å². The lowest BCUT2D eigenvalue weighted by Crippen LogP contribution is -2.16. The fourth-order valence-corrected chi connectivity index (χ4v) is 2.24. The molecule has 0 fully saturated rings. The van der Waals surface area contributed by atoms with Crippen molar-refractivity contribution < 1.29 is 8.94 Å². The molecule has 0 spiro atoms. The van der Waals surface area contributed by atoms with Gasteiger partial charge in [-0.2, -0.15) is 4.98 Å². The molecule has 21 heavy (non-hydrogen) atoms. The number of aryl methyl sites for hydroxylation is 1. The zero-order valence-electron chi connectivity index (χ0n) is 11.7. The molecule has 6 heteroatoms. The highest BCUT2D eigenvalue weighted by Gasteiger charge is 2.12. The minimum Gasteiger partial charge on any atom is -0.472 e. The van der Waals surface area contributed by atoms with Gasteiger partial charge in [0.2, 0.25) is 11.7 Å². The fraction of sp³-hybridized carbons (Fsp3) is 0.200. The summed E-state index contributed by atoms with van der Waals surface area (Å²) in [5.74, 6) is 1.11. The number of hydrogen-bond acceptors (Lipinski definition) is 5. The van der Waals surface area contributed by atoms with E-state index >= 15 is 0 Å². The molecule has 0 bridgehead atoms. The molecule has 0 N–H and O–H groups in total. The lowest BCUT2D eigenvalue weighted by atomic mass is 10.2. The summed E-state index contributed by atoms with van der Waals surface area (Å²) in [6, 6.07) is 7.99. The normalized spacial score (nSPS) is 10.8. The Labute approximate surface area is 130 Å². The van der Waals surface area contributed by atoms with E-state index in [1.807, 2.05) is 19.2 Å². The van der Waals surface area contributed by atoms with Crippen molar-refractivity contribution in [2.24, 2.45) is 0 Å². The monoisotopic (exact) mass is 347 g/mol. The summed E-state index contributed by atoms with van der Waals surface area (Å²) in [4.78, 5) is 6.43. The SMILES string of the molecule is Cc1cc(N(C)Cc2nc(-c3ccoc3)no2)ccc1Br. The van der Waals surface area contributed by atoms with Crippen LogP contribution in [0.15, 0.2) is 50.2 Å². The molecule has 108 valence electrons. The quantitative estimate of drug-likeness (QED) is 0.712. The van der Waals surface area contributed by atoms with E-state index < -0.39 is 0 Å². The summed E-state index contributed by atoms with van der Waals surface area (Å²) >= 11 is 3.50. The van der Waals surface area contributed by atoms with Gasteiger partial charge >= 0.3 is 0 Å². The minimum atomic E-state index is 0.541. The maximum atomic E-state index is 5.28. The standard InChI is InChI=1S/C15H14BrN3O2/c1-10-7-12(3-4-13(10)16)19(2)8-14-17-15(18-21-14)11-5-6-20-9-11/h3-7,9H,8H2,1-2H3. The summed E-state index contributed by atoms with van der Waals surface area (Å²) in [5, 5.41) is 3.96. The molecule has 0 radical (unpaired) electrons. The van der Waals surface area contributed by atoms with Gasteiger partial charge in [0.15, 0.2) is 0 Å². The van der Waals surface area contributed by atoms with Gasteiger partial charge in [-0.05, 0) is 36.8 Å². The number of nitrogens with zero attached hydrogens (tertiary/aromatic N) is 3. The largest absolute Gasteiger partial charge is 0.472 e. The first-order valence-electron chi connectivity index (χ1n) is 6.46. The Bertz CT molecular complexity index is 737. The zero-order valence-corrected chi connectivity index (χ0v) is 13.3. The molecule has 0 unspecified atom stereocenters. The van der Waals surface area contributed by atoms with Crippen molar-refractivity contribution in [2.45, 2.75) is 13.5 Å². The first-order valence-corrected chi connectivity index (χ1v) is 7.25. The average Bonchev–Trinajstić information content (AvgIpc) is 3.12. The van der Waals surface area contributed by atoms with E-state index in [-0.39, 0.29) is 0 Å². The Morgan fingerprint density at radius 3 is 2.86 bits per heavy atom. The van der Waals surface area contributed by atoms with Crippen LogP contribution >= 0.6 is 15.9 Å². The summed E-state index contributed by atoms with van der Waals surface area (Å²) in [7, 11) is 1.99. The number of halogens is 1. The minimum absolute atomic E-state index is 0.541. The summed E-state index contributed by atoms with van der Waals surface area (Å²) in [5.41, 5.74) is 3.09. The van der Waals surface area contributed by atoms with Crippen molar-refractivity contribution >= 4 is 21.6 Å². The van der Waals surface area contributed by atoms with E-state index in [0.717, 1.165) is 15.7 Å². The predicted octanol–water partition coefficient (Wildman–Crippen LogP) is 4.04. The van der Waals surface area contributed by atoms with Gasteiger partial charge in [-0.1, -0.05) is 21.1 Å². The van der Waals surface area contributed by atoms with Crippen molar-refractivity contribution in [1.29, 1.82) is 0 Å². The van der Waals surface area contributed by atoms with E-state index in [9.17, 15) is 0 Å². The van der Waals surface area contributed by atoms with Gasteiger partial charge in [0.1, 0.15) is 6.26 Å².